The number of thioether (sulfide) groups is 1. The maximum Gasteiger partial charge on any atom is 0.243 e. The van der Waals surface area contributed by atoms with Crippen LogP contribution in [0.3, 0.4) is 0 Å². The van der Waals surface area contributed by atoms with Crippen LogP contribution in [0.15, 0.2) is 42.5 Å². The molecule has 0 spiro atoms. The Morgan fingerprint density at radius 1 is 1.18 bits per heavy atom. The maximum atomic E-state index is 12.7. The van der Waals surface area contributed by atoms with E-state index in [9.17, 15) is 9.59 Å². The van der Waals surface area contributed by atoms with E-state index in [0.717, 1.165) is 16.7 Å². The number of aryl methyl sites for hydroxylation is 1. The molecule has 4 nitrogen and oxygen atoms in total. The fraction of sp³-hybridized carbons (Fsp3) is 0.333. The highest BCUT2D eigenvalue weighted by Gasteiger charge is 2.40. The Hall–Kier alpha value is -1.69. The molecular weight excluding hydrogens is 415 g/mol. The number of carbonyl (C=O) groups is 2. The molecular formula is C21H22Cl2N2O2S. The van der Waals surface area contributed by atoms with Gasteiger partial charge in [-0.3, -0.25) is 9.59 Å². The summed E-state index contributed by atoms with van der Waals surface area (Å²) in [6.45, 7) is 3.99. The van der Waals surface area contributed by atoms with Gasteiger partial charge in [-0.1, -0.05) is 59.1 Å². The fourth-order valence-electron chi connectivity index (χ4n) is 3.24. The third kappa shape index (κ3) is 4.83. The molecule has 2 amide bonds. The highest BCUT2D eigenvalue weighted by Crippen LogP contribution is 2.41. The van der Waals surface area contributed by atoms with Crippen LogP contribution in [0.1, 0.15) is 29.0 Å². The average Bonchev–Trinajstić information content (AvgIpc) is 3.09. The number of hydrogen-bond donors (Lipinski definition) is 1. The average molecular weight is 437 g/mol. The van der Waals surface area contributed by atoms with Crippen molar-refractivity contribution < 1.29 is 9.59 Å². The van der Waals surface area contributed by atoms with Crippen LogP contribution in [-0.4, -0.2) is 35.1 Å². The van der Waals surface area contributed by atoms with Gasteiger partial charge >= 0.3 is 0 Å². The Labute approximate surface area is 179 Å². The molecule has 2 aromatic carbocycles. The van der Waals surface area contributed by atoms with Gasteiger partial charge in [-0.25, -0.2) is 0 Å². The first-order valence-electron chi connectivity index (χ1n) is 9.05. The van der Waals surface area contributed by atoms with Gasteiger partial charge in [0.15, 0.2) is 0 Å². The molecule has 0 radical (unpaired) electrons. The second kappa shape index (κ2) is 9.21. The van der Waals surface area contributed by atoms with Crippen molar-refractivity contribution in [2.75, 3.05) is 12.3 Å². The summed E-state index contributed by atoms with van der Waals surface area (Å²) in [5.41, 5.74) is 3.12. The first-order valence-corrected chi connectivity index (χ1v) is 10.9. The zero-order chi connectivity index (χ0) is 20.3. The number of carbonyl (C=O) groups excluding carboxylic acids is 2. The van der Waals surface area contributed by atoms with E-state index in [1.807, 2.05) is 37.3 Å². The van der Waals surface area contributed by atoms with Crippen LogP contribution < -0.4 is 5.32 Å². The van der Waals surface area contributed by atoms with Crippen molar-refractivity contribution in [3.63, 3.8) is 0 Å². The second-order valence-electron chi connectivity index (χ2n) is 6.82. The second-order valence-corrected chi connectivity index (χ2v) is 8.77. The van der Waals surface area contributed by atoms with Gasteiger partial charge in [-0.05, 0) is 36.6 Å². The normalized spacial score (nSPS) is 18.9. The highest BCUT2D eigenvalue weighted by atomic mass is 35.5. The van der Waals surface area contributed by atoms with Gasteiger partial charge in [-0.2, -0.15) is 0 Å². The van der Waals surface area contributed by atoms with Crippen LogP contribution in [-0.2, 0) is 16.0 Å². The summed E-state index contributed by atoms with van der Waals surface area (Å²) in [4.78, 5) is 26.7. The summed E-state index contributed by atoms with van der Waals surface area (Å²) >= 11 is 13.7. The molecule has 1 aliphatic rings. The molecule has 7 heteroatoms. The number of halogens is 2. The van der Waals surface area contributed by atoms with E-state index < -0.39 is 6.04 Å². The Kier molecular flexibility index (Phi) is 6.91. The molecule has 0 aliphatic carbocycles. The van der Waals surface area contributed by atoms with E-state index in [4.69, 9.17) is 23.2 Å². The summed E-state index contributed by atoms with van der Waals surface area (Å²) in [6.07, 6.45) is 0.600. The molecule has 1 N–H and O–H groups in total. The lowest BCUT2D eigenvalue weighted by Gasteiger charge is -2.28. The summed E-state index contributed by atoms with van der Waals surface area (Å²) in [5, 5.41) is 3.97. The first kappa shape index (κ1) is 21.0. The minimum Gasteiger partial charge on any atom is -0.354 e. The van der Waals surface area contributed by atoms with E-state index in [0.29, 0.717) is 28.8 Å². The summed E-state index contributed by atoms with van der Waals surface area (Å²) < 4.78 is 0. The van der Waals surface area contributed by atoms with E-state index in [2.05, 4.69) is 5.32 Å². The van der Waals surface area contributed by atoms with E-state index in [1.54, 1.807) is 28.8 Å². The maximum absolute atomic E-state index is 12.7. The number of nitrogens with zero attached hydrogens (tertiary/aromatic N) is 1. The zero-order valence-corrected chi connectivity index (χ0v) is 18.1. The largest absolute Gasteiger partial charge is 0.354 e. The molecule has 1 heterocycles. The van der Waals surface area contributed by atoms with Crippen LogP contribution in [0.25, 0.3) is 0 Å². The fourth-order valence-corrected chi connectivity index (χ4v) is 5.23. The third-order valence-corrected chi connectivity index (χ3v) is 6.65. The molecule has 0 bridgehead atoms. The Bertz CT molecular complexity index is 873. The van der Waals surface area contributed by atoms with Crippen molar-refractivity contribution in [2.45, 2.75) is 31.7 Å². The Morgan fingerprint density at radius 3 is 2.54 bits per heavy atom. The minimum atomic E-state index is -0.477. The van der Waals surface area contributed by atoms with Crippen LogP contribution in [0.2, 0.25) is 10.0 Å². The van der Waals surface area contributed by atoms with Crippen LogP contribution in [0.4, 0.5) is 0 Å². The van der Waals surface area contributed by atoms with Crippen molar-refractivity contribution in [2.24, 2.45) is 0 Å². The summed E-state index contributed by atoms with van der Waals surface area (Å²) in [5.74, 6) is 0.338. The van der Waals surface area contributed by atoms with E-state index >= 15 is 0 Å². The molecule has 148 valence electrons. The molecule has 0 saturated carbocycles. The molecule has 3 rings (SSSR count). The molecule has 28 heavy (non-hydrogen) atoms. The Morgan fingerprint density at radius 2 is 1.89 bits per heavy atom. The van der Waals surface area contributed by atoms with Gasteiger partial charge in [0.05, 0.1) is 0 Å². The smallest absolute Gasteiger partial charge is 0.243 e. The van der Waals surface area contributed by atoms with Crippen LogP contribution >= 0.6 is 35.0 Å². The van der Waals surface area contributed by atoms with Gasteiger partial charge in [0.1, 0.15) is 11.4 Å². The van der Waals surface area contributed by atoms with Gasteiger partial charge in [0, 0.05) is 29.3 Å². The monoisotopic (exact) mass is 436 g/mol. The minimum absolute atomic E-state index is 0.100. The van der Waals surface area contributed by atoms with Crippen molar-refractivity contribution >= 4 is 46.8 Å². The number of benzene rings is 2. The number of amides is 2. The van der Waals surface area contributed by atoms with E-state index in [-0.39, 0.29) is 17.2 Å². The van der Waals surface area contributed by atoms with E-state index in [1.165, 1.54) is 6.92 Å². The third-order valence-electron chi connectivity index (χ3n) is 4.74. The van der Waals surface area contributed by atoms with Crippen molar-refractivity contribution in [1.82, 2.24) is 10.2 Å². The molecule has 2 aromatic rings. The molecule has 0 unspecified atom stereocenters. The quantitative estimate of drug-likeness (QED) is 0.743. The predicted molar refractivity (Wildman–Crippen MR) is 116 cm³/mol. The highest BCUT2D eigenvalue weighted by molar-refractivity contribution is 7.99. The lowest BCUT2D eigenvalue weighted by atomic mass is 10.1. The standard InChI is InChI=1S/C21H22Cl2N2O2S/c1-13-3-5-16(6-4-13)21-25(14(2)26)19(12-28-21)20(27)24-10-9-15-7-8-17(22)11-18(15)23/h3-8,11,19,21H,9-10,12H2,1-2H3,(H,24,27)/t19-,21-/m0/s1. The summed E-state index contributed by atoms with van der Waals surface area (Å²) in [7, 11) is 0. The lowest BCUT2D eigenvalue weighted by molar-refractivity contribution is -0.138. The molecule has 1 fully saturated rings. The van der Waals surface area contributed by atoms with Crippen molar-refractivity contribution in [3.8, 4) is 0 Å². The van der Waals surface area contributed by atoms with Gasteiger partial charge < -0.3 is 10.2 Å². The Balaban J connectivity index is 1.64. The molecule has 1 saturated heterocycles. The van der Waals surface area contributed by atoms with Crippen molar-refractivity contribution in [1.29, 1.82) is 0 Å². The predicted octanol–water partition coefficient (Wildman–Crippen LogP) is 4.62. The molecule has 1 aliphatic heterocycles. The van der Waals surface area contributed by atoms with Crippen molar-refractivity contribution in [3.05, 3.63) is 69.2 Å². The summed E-state index contributed by atoms with van der Waals surface area (Å²) in [6, 6.07) is 12.9. The SMILES string of the molecule is CC(=O)N1[C@H](C(=O)NCCc2ccc(Cl)cc2Cl)CS[C@H]1c1ccc(C)cc1. The van der Waals surface area contributed by atoms with Gasteiger partial charge in [-0.15, -0.1) is 11.8 Å². The van der Waals surface area contributed by atoms with Gasteiger partial charge in [0.25, 0.3) is 0 Å². The zero-order valence-electron chi connectivity index (χ0n) is 15.7. The van der Waals surface area contributed by atoms with Crippen LogP contribution in [0, 0.1) is 6.92 Å². The topological polar surface area (TPSA) is 49.4 Å². The number of hydrogen-bond acceptors (Lipinski definition) is 3. The first-order chi connectivity index (χ1) is 13.4. The number of nitrogens with one attached hydrogen (secondary N) is 1. The lowest BCUT2D eigenvalue weighted by Crippen LogP contribution is -2.47. The van der Waals surface area contributed by atoms with Crippen LogP contribution in [0.5, 0.6) is 0 Å². The number of rotatable bonds is 5. The van der Waals surface area contributed by atoms with Gasteiger partial charge in [0.2, 0.25) is 11.8 Å². The molecule has 0 aromatic heterocycles. The molecule has 2 atom stereocenters.